The molecule has 0 saturated carbocycles. The van der Waals surface area contributed by atoms with E-state index in [9.17, 15) is 4.79 Å². The number of aromatic carboxylic acids is 1. The predicted octanol–water partition coefficient (Wildman–Crippen LogP) is 3.17. The van der Waals surface area contributed by atoms with Gasteiger partial charge in [0.1, 0.15) is 0 Å². The van der Waals surface area contributed by atoms with Gasteiger partial charge in [0.15, 0.2) is 0 Å². The number of carboxylic acid groups (broad SMARTS) is 1. The van der Waals surface area contributed by atoms with Gasteiger partial charge >= 0.3 is 5.97 Å². The van der Waals surface area contributed by atoms with Crippen molar-refractivity contribution in [3.05, 3.63) is 48.3 Å². The van der Waals surface area contributed by atoms with Gasteiger partial charge in [0.25, 0.3) is 0 Å². The lowest BCUT2D eigenvalue weighted by Crippen LogP contribution is -1.97. The van der Waals surface area contributed by atoms with Crippen LogP contribution in [-0.4, -0.2) is 22.3 Å². The minimum absolute atomic E-state index is 0.205. The Morgan fingerprint density at radius 2 is 1.88 bits per heavy atom. The van der Waals surface area contributed by atoms with Crippen molar-refractivity contribution in [1.29, 1.82) is 0 Å². The molecule has 0 fully saturated rings. The fourth-order valence-corrected chi connectivity index (χ4v) is 1.91. The number of pyridine rings is 1. The molecular formula is C13H11NO2S. The summed E-state index contributed by atoms with van der Waals surface area (Å²) in [5, 5.41) is 8.90. The Morgan fingerprint density at radius 1 is 1.18 bits per heavy atom. The second kappa shape index (κ2) is 5.01. The third-order valence-corrected chi connectivity index (χ3v) is 3.15. The molecule has 0 saturated heterocycles. The lowest BCUT2D eigenvalue weighted by atomic mass is 10.1. The van der Waals surface area contributed by atoms with Crippen molar-refractivity contribution in [2.45, 2.75) is 4.90 Å². The molecule has 0 spiro atoms. The zero-order chi connectivity index (χ0) is 12.3. The number of carbonyl (C=O) groups is 1. The van der Waals surface area contributed by atoms with Gasteiger partial charge in [-0.05, 0) is 30.0 Å². The van der Waals surface area contributed by atoms with Gasteiger partial charge in [0, 0.05) is 22.9 Å². The molecule has 3 nitrogen and oxygen atoms in total. The van der Waals surface area contributed by atoms with Crippen LogP contribution in [0.25, 0.3) is 11.1 Å². The molecule has 17 heavy (non-hydrogen) atoms. The van der Waals surface area contributed by atoms with Crippen molar-refractivity contribution >= 4 is 17.7 Å². The molecule has 0 amide bonds. The molecular weight excluding hydrogens is 234 g/mol. The maximum Gasteiger partial charge on any atom is 0.337 e. The Labute approximate surface area is 104 Å². The molecule has 1 N–H and O–H groups in total. The first-order valence-corrected chi connectivity index (χ1v) is 6.26. The van der Waals surface area contributed by atoms with Crippen LogP contribution in [0.1, 0.15) is 10.4 Å². The Balaban J connectivity index is 2.38. The Bertz CT molecular complexity index is 537. The molecule has 0 aliphatic carbocycles. The third-order valence-electron chi connectivity index (χ3n) is 2.41. The van der Waals surface area contributed by atoms with Crippen LogP contribution in [0.4, 0.5) is 0 Å². The molecule has 0 unspecified atom stereocenters. The molecule has 2 aromatic rings. The Kier molecular flexibility index (Phi) is 3.44. The fraction of sp³-hybridized carbons (Fsp3) is 0.0769. The van der Waals surface area contributed by atoms with Gasteiger partial charge in [0.05, 0.1) is 5.56 Å². The largest absolute Gasteiger partial charge is 0.478 e. The highest BCUT2D eigenvalue weighted by Crippen LogP contribution is 2.23. The van der Waals surface area contributed by atoms with E-state index in [1.807, 2.05) is 30.5 Å². The van der Waals surface area contributed by atoms with E-state index in [0.717, 1.165) is 11.1 Å². The first-order valence-electron chi connectivity index (χ1n) is 5.03. The van der Waals surface area contributed by atoms with Crippen molar-refractivity contribution in [2.75, 3.05) is 6.26 Å². The zero-order valence-electron chi connectivity index (χ0n) is 9.25. The van der Waals surface area contributed by atoms with E-state index in [2.05, 4.69) is 4.98 Å². The fourth-order valence-electron chi connectivity index (χ4n) is 1.50. The maximum atomic E-state index is 10.8. The number of hydrogen-bond donors (Lipinski definition) is 1. The first kappa shape index (κ1) is 11.7. The summed E-state index contributed by atoms with van der Waals surface area (Å²) in [4.78, 5) is 16.0. The van der Waals surface area contributed by atoms with E-state index in [-0.39, 0.29) is 5.56 Å². The van der Waals surface area contributed by atoms with Gasteiger partial charge in [-0.3, -0.25) is 4.98 Å². The number of rotatable bonds is 3. The predicted molar refractivity (Wildman–Crippen MR) is 68.4 cm³/mol. The molecule has 1 aromatic carbocycles. The van der Waals surface area contributed by atoms with Crippen molar-refractivity contribution in [3.63, 3.8) is 0 Å². The Morgan fingerprint density at radius 3 is 2.47 bits per heavy atom. The second-order valence-corrected chi connectivity index (χ2v) is 4.38. The molecule has 0 bridgehead atoms. The SMILES string of the molecule is CSc1ccc(-c2cncc(C(=O)O)c2)cc1. The van der Waals surface area contributed by atoms with Crippen molar-refractivity contribution in [2.24, 2.45) is 0 Å². The summed E-state index contributed by atoms with van der Waals surface area (Å²) in [5.41, 5.74) is 1.99. The quantitative estimate of drug-likeness (QED) is 0.844. The number of nitrogens with zero attached hydrogens (tertiary/aromatic N) is 1. The Hall–Kier alpha value is -1.81. The molecule has 2 rings (SSSR count). The first-order chi connectivity index (χ1) is 8.20. The highest BCUT2D eigenvalue weighted by molar-refractivity contribution is 7.98. The summed E-state index contributed by atoms with van der Waals surface area (Å²) in [6.07, 6.45) is 5.03. The van der Waals surface area contributed by atoms with Gasteiger partial charge < -0.3 is 5.11 Å². The highest BCUT2D eigenvalue weighted by Gasteiger charge is 2.05. The lowest BCUT2D eigenvalue weighted by Gasteiger charge is -2.03. The van der Waals surface area contributed by atoms with E-state index in [4.69, 9.17) is 5.11 Å². The van der Waals surface area contributed by atoms with Gasteiger partial charge in [-0.15, -0.1) is 11.8 Å². The van der Waals surface area contributed by atoms with E-state index in [1.165, 1.54) is 11.1 Å². The maximum absolute atomic E-state index is 10.8. The zero-order valence-corrected chi connectivity index (χ0v) is 10.1. The molecule has 0 atom stereocenters. The van der Waals surface area contributed by atoms with E-state index in [1.54, 1.807) is 24.0 Å². The second-order valence-electron chi connectivity index (χ2n) is 3.50. The lowest BCUT2D eigenvalue weighted by molar-refractivity contribution is 0.0696. The highest BCUT2D eigenvalue weighted by atomic mass is 32.2. The van der Waals surface area contributed by atoms with Crippen LogP contribution in [0.3, 0.4) is 0 Å². The summed E-state index contributed by atoms with van der Waals surface area (Å²) in [5.74, 6) is -0.958. The number of thioether (sulfide) groups is 1. The van der Waals surface area contributed by atoms with E-state index >= 15 is 0 Å². The average molecular weight is 245 g/mol. The van der Waals surface area contributed by atoms with Crippen LogP contribution < -0.4 is 0 Å². The molecule has 1 heterocycles. The smallest absolute Gasteiger partial charge is 0.337 e. The number of carboxylic acids is 1. The topological polar surface area (TPSA) is 50.2 Å². The summed E-state index contributed by atoms with van der Waals surface area (Å²) in [6.45, 7) is 0. The average Bonchev–Trinajstić information content (AvgIpc) is 2.39. The molecule has 0 aliphatic heterocycles. The van der Waals surface area contributed by atoms with Crippen LogP contribution in [0, 0.1) is 0 Å². The standard InChI is InChI=1S/C13H11NO2S/c1-17-12-4-2-9(3-5-12)10-6-11(13(15)16)8-14-7-10/h2-8H,1H3,(H,15,16). The number of benzene rings is 1. The van der Waals surface area contributed by atoms with Gasteiger partial charge in [-0.2, -0.15) is 0 Å². The third kappa shape index (κ3) is 2.65. The minimum atomic E-state index is -0.958. The molecule has 0 radical (unpaired) electrons. The van der Waals surface area contributed by atoms with Crippen molar-refractivity contribution in [3.8, 4) is 11.1 Å². The van der Waals surface area contributed by atoms with E-state index < -0.39 is 5.97 Å². The van der Waals surface area contributed by atoms with Crippen LogP contribution in [0.15, 0.2) is 47.6 Å². The number of hydrogen-bond acceptors (Lipinski definition) is 3. The minimum Gasteiger partial charge on any atom is -0.478 e. The molecule has 0 aliphatic rings. The van der Waals surface area contributed by atoms with Gasteiger partial charge in [-0.25, -0.2) is 4.79 Å². The molecule has 4 heteroatoms. The number of aromatic nitrogens is 1. The van der Waals surface area contributed by atoms with Crippen LogP contribution in [0.5, 0.6) is 0 Å². The van der Waals surface area contributed by atoms with Crippen molar-refractivity contribution in [1.82, 2.24) is 4.98 Å². The molecule has 1 aromatic heterocycles. The molecule has 86 valence electrons. The van der Waals surface area contributed by atoms with Crippen LogP contribution in [-0.2, 0) is 0 Å². The van der Waals surface area contributed by atoms with Gasteiger partial charge in [-0.1, -0.05) is 12.1 Å². The summed E-state index contributed by atoms with van der Waals surface area (Å²) < 4.78 is 0. The van der Waals surface area contributed by atoms with Crippen molar-refractivity contribution < 1.29 is 9.90 Å². The van der Waals surface area contributed by atoms with Gasteiger partial charge in [0.2, 0.25) is 0 Å². The van der Waals surface area contributed by atoms with Crippen LogP contribution in [0.2, 0.25) is 0 Å². The monoisotopic (exact) mass is 245 g/mol. The van der Waals surface area contributed by atoms with Crippen LogP contribution >= 0.6 is 11.8 Å². The van der Waals surface area contributed by atoms with E-state index in [0.29, 0.717) is 0 Å². The summed E-state index contributed by atoms with van der Waals surface area (Å²) >= 11 is 1.67. The summed E-state index contributed by atoms with van der Waals surface area (Å²) in [7, 11) is 0. The normalized spacial score (nSPS) is 10.2. The summed E-state index contributed by atoms with van der Waals surface area (Å²) in [6, 6.07) is 9.58.